The summed E-state index contributed by atoms with van der Waals surface area (Å²) in [5.74, 6) is -0.234. The van der Waals surface area contributed by atoms with Gasteiger partial charge in [-0.3, -0.25) is 4.79 Å². The number of aromatic nitrogens is 1. The predicted molar refractivity (Wildman–Crippen MR) is 99.6 cm³/mol. The molecule has 134 valence electrons. The molecule has 0 radical (unpaired) electrons. The van der Waals surface area contributed by atoms with E-state index in [1.54, 1.807) is 12.1 Å². The summed E-state index contributed by atoms with van der Waals surface area (Å²) in [6.07, 6.45) is 0. The number of nitrogens with zero attached hydrogens (tertiary/aromatic N) is 1. The number of carbonyl (C=O) groups is 1. The van der Waals surface area contributed by atoms with Crippen LogP contribution >= 0.6 is 11.3 Å². The smallest absolute Gasteiger partial charge is 0.282 e. The summed E-state index contributed by atoms with van der Waals surface area (Å²) in [6, 6.07) is 16.4. The molecule has 26 heavy (non-hydrogen) atoms. The highest BCUT2D eigenvalue weighted by Crippen LogP contribution is 2.25. The SMILES string of the molecule is Cc1ccccc1OCC(=O)NS(=O)(=O)c1csc(-c2ccccc2)n1. The highest BCUT2D eigenvalue weighted by Gasteiger charge is 2.21. The van der Waals surface area contributed by atoms with E-state index < -0.39 is 22.5 Å². The van der Waals surface area contributed by atoms with Gasteiger partial charge in [0, 0.05) is 10.9 Å². The molecule has 0 aliphatic carbocycles. The maximum Gasteiger partial charge on any atom is 0.282 e. The second kappa shape index (κ2) is 7.67. The van der Waals surface area contributed by atoms with Gasteiger partial charge in [0.15, 0.2) is 11.6 Å². The number of amides is 1. The topological polar surface area (TPSA) is 85.4 Å². The van der Waals surface area contributed by atoms with Crippen molar-refractivity contribution >= 4 is 27.3 Å². The summed E-state index contributed by atoms with van der Waals surface area (Å²) in [7, 11) is -4.04. The Hall–Kier alpha value is -2.71. The van der Waals surface area contributed by atoms with Crippen molar-refractivity contribution in [2.75, 3.05) is 6.61 Å². The molecule has 0 saturated carbocycles. The molecule has 0 atom stereocenters. The number of nitrogens with one attached hydrogen (secondary N) is 1. The van der Waals surface area contributed by atoms with E-state index in [-0.39, 0.29) is 5.03 Å². The summed E-state index contributed by atoms with van der Waals surface area (Å²) < 4.78 is 32.0. The lowest BCUT2D eigenvalue weighted by Crippen LogP contribution is -2.34. The number of benzene rings is 2. The zero-order chi connectivity index (χ0) is 18.6. The molecular weight excluding hydrogens is 372 g/mol. The van der Waals surface area contributed by atoms with Gasteiger partial charge in [-0.05, 0) is 18.6 Å². The molecule has 3 rings (SSSR count). The van der Waals surface area contributed by atoms with Gasteiger partial charge in [-0.2, -0.15) is 8.42 Å². The van der Waals surface area contributed by atoms with Crippen molar-refractivity contribution in [2.45, 2.75) is 11.9 Å². The van der Waals surface area contributed by atoms with Crippen LogP contribution in [0.15, 0.2) is 65.0 Å². The van der Waals surface area contributed by atoms with Crippen LogP contribution in [0.25, 0.3) is 10.6 Å². The molecule has 0 unspecified atom stereocenters. The summed E-state index contributed by atoms with van der Waals surface area (Å²) >= 11 is 1.20. The second-order valence-electron chi connectivity index (χ2n) is 5.44. The van der Waals surface area contributed by atoms with Crippen LogP contribution in [0.4, 0.5) is 0 Å². The number of rotatable bonds is 6. The Morgan fingerprint density at radius 1 is 1.12 bits per heavy atom. The predicted octanol–water partition coefficient (Wildman–Crippen LogP) is 3.00. The molecular formula is C18H16N2O4S2. The van der Waals surface area contributed by atoms with Gasteiger partial charge < -0.3 is 4.74 Å². The minimum Gasteiger partial charge on any atom is -0.483 e. The first-order chi connectivity index (χ1) is 12.5. The molecule has 0 fully saturated rings. The average Bonchev–Trinajstić information content (AvgIpc) is 3.13. The molecule has 1 amide bonds. The maximum atomic E-state index is 12.3. The van der Waals surface area contributed by atoms with Crippen molar-refractivity contribution in [3.05, 3.63) is 65.5 Å². The molecule has 0 aliphatic heterocycles. The lowest BCUT2D eigenvalue weighted by Gasteiger charge is -2.09. The second-order valence-corrected chi connectivity index (χ2v) is 7.93. The normalized spacial score (nSPS) is 11.1. The van der Waals surface area contributed by atoms with E-state index >= 15 is 0 Å². The highest BCUT2D eigenvalue weighted by atomic mass is 32.2. The van der Waals surface area contributed by atoms with Crippen LogP contribution in [0.2, 0.25) is 0 Å². The molecule has 0 spiro atoms. The van der Waals surface area contributed by atoms with Crippen molar-refractivity contribution in [3.63, 3.8) is 0 Å². The van der Waals surface area contributed by atoms with Gasteiger partial charge in [0.1, 0.15) is 10.8 Å². The highest BCUT2D eigenvalue weighted by molar-refractivity contribution is 7.90. The molecule has 8 heteroatoms. The van der Waals surface area contributed by atoms with Gasteiger partial charge in [0.25, 0.3) is 15.9 Å². The Kier molecular flexibility index (Phi) is 5.34. The van der Waals surface area contributed by atoms with Gasteiger partial charge in [0.2, 0.25) is 0 Å². The molecule has 1 N–H and O–H groups in total. The maximum absolute atomic E-state index is 12.3. The Morgan fingerprint density at radius 2 is 1.81 bits per heavy atom. The third kappa shape index (κ3) is 4.27. The lowest BCUT2D eigenvalue weighted by molar-refractivity contribution is -0.121. The lowest BCUT2D eigenvalue weighted by atomic mass is 10.2. The number of aryl methyl sites for hydroxylation is 1. The van der Waals surface area contributed by atoms with Crippen LogP contribution < -0.4 is 9.46 Å². The Balaban J connectivity index is 1.66. The first-order valence-electron chi connectivity index (χ1n) is 7.71. The van der Waals surface area contributed by atoms with E-state index in [0.717, 1.165) is 11.1 Å². The summed E-state index contributed by atoms with van der Waals surface area (Å²) in [5.41, 5.74) is 1.67. The van der Waals surface area contributed by atoms with Crippen LogP contribution in [0.3, 0.4) is 0 Å². The van der Waals surface area contributed by atoms with Gasteiger partial charge in [-0.15, -0.1) is 11.3 Å². The van der Waals surface area contributed by atoms with E-state index in [0.29, 0.717) is 10.8 Å². The largest absolute Gasteiger partial charge is 0.483 e. The molecule has 0 saturated heterocycles. The van der Waals surface area contributed by atoms with Crippen LogP contribution in [0.5, 0.6) is 5.75 Å². The zero-order valence-electron chi connectivity index (χ0n) is 13.9. The van der Waals surface area contributed by atoms with Gasteiger partial charge in [0.05, 0.1) is 0 Å². The Labute approximate surface area is 155 Å². The van der Waals surface area contributed by atoms with E-state index in [2.05, 4.69) is 4.98 Å². The molecule has 6 nitrogen and oxygen atoms in total. The van der Waals surface area contributed by atoms with Crippen molar-refractivity contribution < 1.29 is 17.9 Å². The molecule has 0 bridgehead atoms. The average molecular weight is 388 g/mol. The third-order valence-corrected chi connectivity index (χ3v) is 5.78. The monoisotopic (exact) mass is 388 g/mol. The van der Waals surface area contributed by atoms with Crippen LogP contribution in [0.1, 0.15) is 5.56 Å². The van der Waals surface area contributed by atoms with Gasteiger partial charge >= 0.3 is 0 Å². The van der Waals surface area contributed by atoms with Crippen LogP contribution in [-0.2, 0) is 14.8 Å². The first-order valence-corrected chi connectivity index (χ1v) is 10.1. The van der Waals surface area contributed by atoms with Crippen molar-refractivity contribution in [1.82, 2.24) is 9.71 Å². The Bertz CT molecular complexity index is 1010. The van der Waals surface area contributed by atoms with E-state index in [1.807, 2.05) is 54.1 Å². The van der Waals surface area contributed by atoms with Gasteiger partial charge in [-0.25, -0.2) is 9.71 Å². The summed E-state index contributed by atoms with van der Waals surface area (Å²) in [4.78, 5) is 16.1. The van der Waals surface area contributed by atoms with Crippen molar-refractivity contribution in [1.29, 1.82) is 0 Å². The minimum atomic E-state index is -4.04. The van der Waals surface area contributed by atoms with Crippen molar-refractivity contribution in [3.8, 4) is 16.3 Å². The summed E-state index contributed by atoms with van der Waals surface area (Å²) in [5, 5.41) is 1.78. The van der Waals surface area contributed by atoms with Gasteiger partial charge in [-0.1, -0.05) is 48.5 Å². The number of para-hydroxylation sites is 1. The number of hydrogen-bond donors (Lipinski definition) is 1. The van der Waals surface area contributed by atoms with Crippen LogP contribution in [-0.4, -0.2) is 25.9 Å². The number of ether oxygens (including phenoxy) is 1. The first kappa shape index (κ1) is 18.1. The number of hydrogen-bond acceptors (Lipinski definition) is 6. The van der Waals surface area contributed by atoms with Crippen LogP contribution in [0, 0.1) is 6.92 Å². The number of thiazole rings is 1. The van der Waals surface area contributed by atoms with E-state index in [9.17, 15) is 13.2 Å². The fourth-order valence-corrected chi connectivity index (χ4v) is 4.26. The third-order valence-electron chi connectivity index (χ3n) is 3.48. The zero-order valence-corrected chi connectivity index (χ0v) is 15.5. The molecule has 3 aromatic rings. The van der Waals surface area contributed by atoms with Crippen molar-refractivity contribution in [2.24, 2.45) is 0 Å². The standard InChI is InChI=1S/C18H16N2O4S2/c1-13-7-5-6-10-15(13)24-11-16(21)20-26(22,23)17-12-25-18(19-17)14-8-3-2-4-9-14/h2-10,12H,11H2,1H3,(H,20,21). The minimum absolute atomic E-state index is 0.189. The Morgan fingerprint density at radius 3 is 2.54 bits per heavy atom. The summed E-state index contributed by atoms with van der Waals surface area (Å²) in [6.45, 7) is 1.43. The van der Waals surface area contributed by atoms with E-state index in [1.165, 1.54) is 16.7 Å². The molecule has 0 aliphatic rings. The fourth-order valence-electron chi connectivity index (χ4n) is 2.19. The molecule has 1 heterocycles. The number of sulfonamides is 1. The van der Waals surface area contributed by atoms with E-state index in [4.69, 9.17) is 4.74 Å². The quantitative estimate of drug-likeness (QED) is 0.702. The molecule has 2 aromatic carbocycles. The number of carbonyl (C=O) groups excluding carboxylic acids is 1. The fraction of sp³-hybridized carbons (Fsp3) is 0.111. The molecule has 1 aromatic heterocycles.